The van der Waals surface area contributed by atoms with Crippen LogP contribution < -0.4 is 20.9 Å². The molecule has 33 heavy (non-hydrogen) atoms. The van der Waals surface area contributed by atoms with Crippen molar-refractivity contribution in [2.24, 2.45) is 0 Å². The number of urea groups is 1. The van der Waals surface area contributed by atoms with Crippen LogP contribution in [0, 0.1) is 5.82 Å². The fourth-order valence-electron chi connectivity index (χ4n) is 4.57. The van der Waals surface area contributed by atoms with E-state index in [1.54, 1.807) is 0 Å². The number of anilines is 3. The maximum atomic E-state index is 13.5. The lowest BCUT2D eigenvalue weighted by atomic mass is 9.91. The summed E-state index contributed by atoms with van der Waals surface area (Å²) in [4.78, 5) is 24.2. The summed E-state index contributed by atoms with van der Waals surface area (Å²) >= 11 is 6.58. The Balaban J connectivity index is 1.31. The minimum Gasteiger partial charge on any atom is -0.362 e. The van der Waals surface area contributed by atoms with Gasteiger partial charge < -0.3 is 20.9 Å². The number of aromatic nitrogens is 2. The van der Waals surface area contributed by atoms with E-state index in [9.17, 15) is 9.18 Å². The van der Waals surface area contributed by atoms with Gasteiger partial charge in [0.05, 0.1) is 11.4 Å². The Morgan fingerprint density at radius 2 is 1.67 bits per heavy atom. The molecule has 0 bridgehead atoms. The van der Waals surface area contributed by atoms with Crippen LogP contribution in [0.1, 0.15) is 49.8 Å². The van der Waals surface area contributed by atoms with Gasteiger partial charge in [0.2, 0.25) is 5.95 Å². The van der Waals surface area contributed by atoms with Gasteiger partial charge in [0, 0.05) is 40.7 Å². The van der Waals surface area contributed by atoms with E-state index in [4.69, 9.17) is 9.97 Å². The fraction of sp³-hybridized carbons (Fsp3) is 0.522. The molecule has 1 aromatic carbocycles. The van der Waals surface area contributed by atoms with Crippen LogP contribution in [0.3, 0.4) is 0 Å². The summed E-state index contributed by atoms with van der Waals surface area (Å²) in [6.07, 6.45) is 8.01. The van der Waals surface area contributed by atoms with Crippen molar-refractivity contribution in [2.45, 2.75) is 63.5 Å². The summed E-state index contributed by atoms with van der Waals surface area (Å²) < 4.78 is 14.4. The second-order valence-electron chi connectivity index (χ2n) is 8.93. The quantitative estimate of drug-likeness (QED) is 0.425. The maximum absolute atomic E-state index is 13.5. The average Bonchev–Trinajstić information content (AvgIpc) is 2.77. The SMILES string of the molecule is CN(C)c1nc(NC2CCC(NC(=O)Nc3c(Br)cc(F)cc3Br)CC2)nc2c1CCCC2. The van der Waals surface area contributed by atoms with Crippen LogP contribution in [-0.4, -0.2) is 42.2 Å². The molecule has 2 aliphatic carbocycles. The molecular formula is C23H29Br2FN6O. The molecule has 3 N–H and O–H groups in total. The zero-order valence-electron chi connectivity index (χ0n) is 18.9. The number of rotatable bonds is 5. The van der Waals surface area contributed by atoms with Gasteiger partial charge in [-0.3, -0.25) is 0 Å². The second kappa shape index (κ2) is 10.5. The third-order valence-electron chi connectivity index (χ3n) is 6.23. The van der Waals surface area contributed by atoms with Gasteiger partial charge in [-0.1, -0.05) is 0 Å². The van der Waals surface area contributed by atoms with Crippen LogP contribution in [0.2, 0.25) is 0 Å². The van der Waals surface area contributed by atoms with Crippen molar-refractivity contribution in [3.05, 3.63) is 38.2 Å². The van der Waals surface area contributed by atoms with Gasteiger partial charge in [-0.2, -0.15) is 4.98 Å². The number of fused-ring (bicyclic) bond motifs is 1. The topological polar surface area (TPSA) is 82.2 Å². The molecule has 4 rings (SSSR count). The lowest BCUT2D eigenvalue weighted by Crippen LogP contribution is -2.42. The van der Waals surface area contributed by atoms with Crippen LogP contribution >= 0.6 is 31.9 Å². The normalized spacial score (nSPS) is 20.0. The van der Waals surface area contributed by atoms with Gasteiger partial charge in [-0.05, 0) is 95.4 Å². The number of amides is 2. The molecule has 2 aliphatic rings. The molecule has 1 fully saturated rings. The second-order valence-corrected chi connectivity index (χ2v) is 10.6. The Labute approximate surface area is 210 Å². The molecule has 0 saturated heterocycles. The summed E-state index contributed by atoms with van der Waals surface area (Å²) in [6.45, 7) is 0. The number of hydrogen-bond donors (Lipinski definition) is 3. The van der Waals surface area contributed by atoms with Gasteiger partial charge in [0.1, 0.15) is 11.6 Å². The van der Waals surface area contributed by atoms with Crippen molar-refractivity contribution in [3.8, 4) is 0 Å². The number of nitrogens with zero attached hydrogens (tertiary/aromatic N) is 3. The molecule has 1 aromatic heterocycles. The zero-order chi connectivity index (χ0) is 23.5. The molecule has 0 spiro atoms. The Hall–Kier alpha value is -1.94. The Morgan fingerprint density at radius 3 is 2.33 bits per heavy atom. The molecule has 0 radical (unpaired) electrons. The highest BCUT2D eigenvalue weighted by molar-refractivity contribution is 9.11. The van der Waals surface area contributed by atoms with E-state index in [-0.39, 0.29) is 23.9 Å². The highest BCUT2D eigenvalue weighted by Gasteiger charge is 2.25. The van der Waals surface area contributed by atoms with Crippen LogP contribution in [0.4, 0.5) is 26.6 Å². The smallest absolute Gasteiger partial charge is 0.319 e. The third-order valence-corrected chi connectivity index (χ3v) is 7.48. The van der Waals surface area contributed by atoms with Crippen LogP contribution in [0.25, 0.3) is 0 Å². The summed E-state index contributed by atoms with van der Waals surface area (Å²) in [5, 5.41) is 9.37. The minimum atomic E-state index is -0.383. The van der Waals surface area contributed by atoms with Gasteiger partial charge in [0.25, 0.3) is 0 Å². The van der Waals surface area contributed by atoms with Crippen molar-refractivity contribution < 1.29 is 9.18 Å². The molecule has 10 heteroatoms. The standard InChI is InChI=1S/C23H29Br2FN6O/c1-32(2)21-16-5-3-4-6-19(16)29-22(31-21)27-14-7-9-15(10-8-14)28-23(33)30-20-17(24)11-13(26)12-18(20)25/h11-12,14-15H,3-10H2,1-2H3,(H,27,29,31)(H2,28,30,33). The lowest BCUT2D eigenvalue weighted by molar-refractivity contribution is 0.243. The van der Waals surface area contributed by atoms with E-state index in [0.29, 0.717) is 20.6 Å². The van der Waals surface area contributed by atoms with E-state index in [1.807, 2.05) is 14.1 Å². The first-order valence-electron chi connectivity index (χ1n) is 11.4. The Morgan fingerprint density at radius 1 is 1.03 bits per heavy atom. The van der Waals surface area contributed by atoms with Crippen LogP contribution in [-0.2, 0) is 12.8 Å². The van der Waals surface area contributed by atoms with Crippen LogP contribution in [0.5, 0.6) is 0 Å². The number of nitrogens with one attached hydrogen (secondary N) is 3. The summed E-state index contributed by atoms with van der Waals surface area (Å²) in [5.74, 6) is 1.35. The van der Waals surface area contributed by atoms with E-state index >= 15 is 0 Å². The first-order valence-corrected chi connectivity index (χ1v) is 12.9. The van der Waals surface area contributed by atoms with Crippen molar-refractivity contribution in [1.29, 1.82) is 0 Å². The molecule has 2 aromatic rings. The predicted molar refractivity (Wildman–Crippen MR) is 137 cm³/mol. The number of halogens is 3. The van der Waals surface area contributed by atoms with Crippen molar-refractivity contribution in [1.82, 2.24) is 15.3 Å². The fourth-order valence-corrected chi connectivity index (χ4v) is 5.90. The first-order chi connectivity index (χ1) is 15.8. The predicted octanol–water partition coefficient (Wildman–Crippen LogP) is 5.63. The first kappa shape index (κ1) is 24.2. The molecule has 178 valence electrons. The minimum absolute atomic E-state index is 0.0860. The van der Waals surface area contributed by atoms with E-state index < -0.39 is 0 Å². The monoisotopic (exact) mass is 582 g/mol. The molecule has 0 aliphatic heterocycles. The maximum Gasteiger partial charge on any atom is 0.319 e. The number of hydrogen-bond acceptors (Lipinski definition) is 5. The lowest BCUT2D eigenvalue weighted by Gasteiger charge is -2.30. The number of carbonyl (C=O) groups is 1. The number of benzene rings is 1. The summed E-state index contributed by atoms with van der Waals surface area (Å²) in [5.41, 5.74) is 2.97. The number of aryl methyl sites for hydroxylation is 1. The van der Waals surface area contributed by atoms with Gasteiger partial charge in [0.15, 0.2) is 0 Å². The molecule has 7 nitrogen and oxygen atoms in total. The highest BCUT2D eigenvalue weighted by Crippen LogP contribution is 2.32. The molecule has 1 saturated carbocycles. The van der Waals surface area contributed by atoms with Crippen molar-refractivity contribution >= 4 is 55.3 Å². The van der Waals surface area contributed by atoms with Gasteiger partial charge in [-0.15, -0.1) is 0 Å². The van der Waals surface area contributed by atoms with E-state index in [0.717, 1.165) is 44.3 Å². The molecular weight excluding hydrogens is 555 g/mol. The van der Waals surface area contributed by atoms with Gasteiger partial charge >= 0.3 is 6.03 Å². The highest BCUT2D eigenvalue weighted by atomic mass is 79.9. The largest absolute Gasteiger partial charge is 0.362 e. The number of carbonyl (C=O) groups excluding carboxylic acids is 1. The molecule has 2 amide bonds. The molecule has 0 atom stereocenters. The summed E-state index contributed by atoms with van der Waals surface area (Å²) in [6, 6.07) is 2.71. The van der Waals surface area contributed by atoms with E-state index in [1.165, 1.54) is 36.2 Å². The summed E-state index contributed by atoms with van der Waals surface area (Å²) in [7, 11) is 4.07. The van der Waals surface area contributed by atoms with Crippen molar-refractivity contribution in [2.75, 3.05) is 29.6 Å². The van der Waals surface area contributed by atoms with E-state index in [2.05, 4.69) is 52.7 Å². The van der Waals surface area contributed by atoms with Gasteiger partial charge in [-0.25, -0.2) is 14.2 Å². The van der Waals surface area contributed by atoms with Crippen LogP contribution in [0.15, 0.2) is 21.1 Å². The molecule has 1 heterocycles. The van der Waals surface area contributed by atoms with Crippen molar-refractivity contribution in [3.63, 3.8) is 0 Å². The Kier molecular flexibility index (Phi) is 7.73. The average molecular weight is 584 g/mol. The Bertz CT molecular complexity index is 1000. The third kappa shape index (κ3) is 5.95. The molecule has 0 unspecified atom stereocenters. The zero-order valence-corrected chi connectivity index (χ0v) is 22.0.